The Hall–Kier alpha value is -2.30. The van der Waals surface area contributed by atoms with Crippen molar-refractivity contribution in [3.05, 3.63) is 42.2 Å². The van der Waals surface area contributed by atoms with Crippen LogP contribution in [0.1, 0.15) is 31.7 Å². The highest BCUT2D eigenvalue weighted by Gasteiger charge is 1.99. The molecule has 0 aliphatic rings. The van der Waals surface area contributed by atoms with Crippen LogP contribution >= 0.6 is 0 Å². The smallest absolute Gasteiger partial charge is 0.131 e. The lowest BCUT2D eigenvalue weighted by Crippen LogP contribution is -2.08. The molecule has 1 aromatic heterocycles. The Balaban J connectivity index is 1.76. The molecule has 2 N–H and O–H groups in total. The van der Waals surface area contributed by atoms with E-state index in [1.165, 1.54) is 24.8 Å². The highest BCUT2D eigenvalue weighted by molar-refractivity contribution is 5.46. The normalized spacial score (nSPS) is 10.3. The van der Waals surface area contributed by atoms with Crippen molar-refractivity contribution in [2.45, 2.75) is 32.6 Å². The first-order chi connectivity index (χ1) is 11.3. The number of hydrogen-bond donors (Lipinski definition) is 2. The molecule has 0 fully saturated rings. The number of rotatable bonds is 10. The van der Waals surface area contributed by atoms with E-state index >= 15 is 0 Å². The van der Waals surface area contributed by atoms with E-state index in [4.69, 9.17) is 4.74 Å². The zero-order valence-electron chi connectivity index (χ0n) is 14.0. The quantitative estimate of drug-likeness (QED) is 0.654. The fourth-order valence-electron chi connectivity index (χ4n) is 2.27. The molecule has 0 bridgehead atoms. The number of benzene rings is 1. The van der Waals surface area contributed by atoms with Crippen molar-refractivity contribution in [1.82, 2.24) is 9.97 Å². The van der Waals surface area contributed by atoms with Crippen molar-refractivity contribution in [2.24, 2.45) is 0 Å². The van der Waals surface area contributed by atoms with Gasteiger partial charge in [-0.1, -0.05) is 31.9 Å². The molecule has 0 amide bonds. The number of ether oxygens (including phenoxy) is 1. The Morgan fingerprint density at radius 1 is 0.957 bits per heavy atom. The number of nitrogens with one attached hydrogen (secondary N) is 2. The minimum absolute atomic E-state index is 0.832. The summed E-state index contributed by atoms with van der Waals surface area (Å²) in [6.45, 7) is 3.99. The van der Waals surface area contributed by atoms with E-state index in [1.54, 1.807) is 13.4 Å². The predicted octanol–water partition coefficient (Wildman–Crippen LogP) is 3.74. The van der Waals surface area contributed by atoms with Gasteiger partial charge in [-0.2, -0.15) is 0 Å². The molecule has 5 heteroatoms. The number of hydrogen-bond acceptors (Lipinski definition) is 5. The summed E-state index contributed by atoms with van der Waals surface area (Å²) in [6, 6.07) is 10.1. The van der Waals surface area contributed by atoms with E-state index in [9.17, 15) is 0 Å². The first-order valence-corrected chi connectivity index (χ1v) is 8.24. The van der Waals surface area contributed by atoms with Crippen LogP contribution in [0.5, 0.6) is 5.75 Å². The number of aromatic nitrogens is 2. The van der Waals surface area contributed by atoms with Crippen LogP contribution in [0.3, 0.4) is 0 Å². The first kappa shape index (κ1) is 17.1. The van der Waals surface area contributed by atoms with Crippen molar-refractivity contribution in [3.8, 4) is 5.75 Å². The van der Waals surface area contributed by atoms with Crippen LogP contribution in [0.2, 0.25) is 0 Å². The molecule has 0 unspecified atom stereocenters. The Labute approximate surface area is 138 Å². The molecule has 0 aliphatic carbocycles. The van der Waals surface area contributed by atoms with Gasteiger partial charge in [0, 0.05) is 19.2 Å². The minimum Gasteiger partial charge on any atom is -0.497 e. The molecule has 5 nitrogen and oxygen atoms in total. The lowest BCUT2D eigenvalue weighted by Gasteiger charge is -2.09. The summed E-state index contributed by atoms with van der Waals surface area (Å²) < 4.78 is 5.16. The summed E-state index contributed by atoms with van der Waals surface area (Å²) in [6.07, 6.45) is 6.17. The molecular formula is C18H26N4O. The molecule has 23 heavy (non-hydrogen) atoms. The van der Waals surface area contributed by atoms with Gasteiger partial charge in [0.15, 0.2) is 0 Å². The fourth-order valence-corrected chi connectivity index (χ4v) is 2.27. The Kier molecular flexibility index (Phi) is 7.17. The highest BCUT2D eigenvalue weighted by Crippen LogP contribution is 2.12. The second-order valence-electron chi connectivity index (χ2n) is 5.45. The monoisotopic (exact) mass is 314 g/mol. The summed E-state index contributed by atoms with van der Waals surface area (Å²) in [5.41, 5.74) is 1.27. The minimum atomic E-state index is 0.832. The van der Waals surface area contributed by atoms with Gasteiger partial charge in [0.05, 0.1) is 7.11 Å². The summed E-state index contributed by atoms with van der Waals surface area (Å²) in [4.78, 5) is 8.51. The second kappa shape index (κ2) is 9.66. The molecule has 1 heterocycles. The third kappa shape index (κ3) is 6.14. The maximum Gasteiger partial charge on any atom is 0.131 e. The van der Waals surface area contributed by atoms with Gasteiger partial charge in [0.1, 0.15) is 23.7 Å². The molecule has 0 spiro atoms. The fraction of sp³-hybridized carbons (Fsp3) is 0.444. The maximum absolute atomic E-state index is 5.16. The lowest BCUT2D eigenvalue weighted by atomic mass is 10.1. The van der Waals surface area contributed by atoms with E-state index in [0.29, 0.717) is 0 Å². The van der Waals surface area contributed by atoms with Crippen LogP contribution < -0.4 is 15.4 Å². The molecule has 124 valence electrons. The number of methoxy groups -OCH3 is 1. The summed E-state index contributed by atoms with van der Waals surface area (Å²) in [5.74, 6) is 2.62. The van der Waals surface area contributed by atoms with Crippen molar-refractivity contribution in [1.29, 1.82) is 0 Å². The largest absolute Gasteiger partial charge is 0.497 e. The van der Waals surface area contributed by atoms with Crippen LogP contribution in [0.25, 0.3) is 0 Å². The second-order valence-corrected chi connectivity index (χ2v) is 5.45. The molecule has 0 saturated carbocycles. The van der Waals surface area contributed by atoms with E-state index in [2.05, 4.69) is 39.7 Å². The highest BCUT2D eigenvalue weighted by atomic mass is 16.5. The van der Waals surface area contributed by atoms with Gasteiger partial charge in [0.25, 0.3) is 0 Å². The topological polar surface area (TPSA) is 59.1 Å². The molecule has 1 aromatic carbocycles. The molecular weight excluding hydrogens is 288 g/mol. The summed E-state index contributed by atoms with van der Waals surface area (Å²) in [7, 11) is 1.68. The van der Waals surface area contributed by atoms with Gasteiger partial charge in [0.2, 0.25) is 0 Å². The third-order valence-corrected chi connectivity index (χ3v) is 3.63. The average molecular weight is 314 g/mol. The zero-order valence-corrected chi connectivity index (χ0v) is 14.0. The van der Waals surface area contributed by atoms with Crippen molar-refractivity contribution in [3.63, 3.8) is 0 Å². The van der Waals surface area contributed by atoms with Gasteiger partial charge in [-0.15, -0.1) is 0 Å². The van der Waals surface area contributed by atoms with Crippen molar-refractivity contribution in [2.75, 3.05) is 30.8 Å². The van der Waals surface area contributed by atoms with Gasteiger partial charge < -0.3 is 15.4 Å². The van der Waals surface area contributed by atoms with Crippen molar-refractivity contribution >= 4 is 11.6 Å². The zero-order chi connectivity index (χ0) is 16.3. The molecule has 2 rings (SSSR count). The first-order valence-electron chi connectivity index (χ1n) is 8.24. The molecule has 0 radical (unpaired) electrons. The molecule has 0 saturated heterocycles. The van der Waals surface area contributed by atoms with Gasteiger partial charge in [-0.25, -0.2) is 9.97 Å². The van der Waals surface area contributed by atoms with E-state index < -0.39 is 0 Å². The molecule has 0 aliphatic heterocycles. The van der Waals surface area contributed by atoms with Gasteiger partial charge >= 0.3 is 0 Å². The van der Waals surface area contributed by atoms with Crippen molar-refractivity contribution < 1.29 is 4.74 Å². The number of unbranched alkanes of at least 4 members (excludes halogenated alkanes) is 2. The Morgan fingerprint density at radius 2 is 1.65 bits per heavy atom. The van der Waals surface area contributed by atoms with Crippen LogP contribution in [-0.2, 0) is 6.42 Å². The maximum atomic E-state index is 5.16. The summed E-state index contributed by atoms with van der Waals surface area (Å²) in [5, 5.41) is 6.68. The molecule has 2 aromatic rings. The Morgan fingerprint density at radius 3 is 2.30 bits per heavy atom. The van der Waals surface area contributed by atoms with E-state index in [1.807, 2.05) is 18.2 Å². The van der Waals surface area contributed by atoms with Crippen LogP contribution in [0.4, 0.5) is 11.6 Å². The van der Waals surface area contributed by atoms with E-state index in [-0.39, 0.29) is 0 Å². The van der Waals surface area contributed by atoms with Gasteiger partial charge in [-0.05, 0) is 30.5 Å². The average Bonchev–Trinajstić information content (AvgIpc) is 2.60. The third-order valence-electron chi connectivity index (χ3n) is 3.63. The SMILES string of the molecule is CCCCCNc1cc(NCCc2ccc(OC)cc2)ncn1. The van der Waals surface area contributed by atoms with Gasteiger partial charge in [-0.3, -0.25) is 0 Å². The van der Waals surface area contributed by atoms with E-state index in [0.717, 1.165) is 36.9 Å². The number of nitrogens with zero attached hydrogens (tertiary/aromatic N) is 2. The van der Waals surface area contributed by atoms with Crippen LogP contribution in [-0.4, -0.2) is 30.2 Å². The standard InChI is InChI=1S/C18H26N4O/c1-3-4-5-11-19-17-13-18(22-14-21-17)20-12-10-15-6-8-16(23-2)9-7-15/h6-9,13-14H,3-5,10-12H2,1-2H3,(H2,19,20,21,22). The van der Waals surface area contributed by atoms with Crippen LogP contribution in [0, 0.1) is 0 Å². The lowest BCUT2D eigenvalue weighted by molar-refractivity contribution is 0.414. The molecule has 0 atom stereocenters. The van der Waals surface area contributed by atoms with Crippen LogP contribution in [0.15, 0.2) is 36.7 Å². The Bertz CT molecular complexity index is 571. The summed E-state index contributed by atoms with van der Waals surface area (Å²) >= 11 is 0. The number of anilines is 2. The predicted molar refractivity (Wildman–Crippen MR) is 95.2 cm³/mol.